The first kappa shape index (κ1) is 20.4. The number of nitrogens with one attached hydrogen (secondary N) is 2. The van der Waals surface area contributed by atoms with Crippen molar-refractivity contribution in [2.75, 3.05) is 13.7 Å². The molecule has 0 bridgehead atoms. The molecule has 0 heterocycles. The number of hydrogen-bond acceptors (Lipinski definition) is 3. The van der Waals surface area contributed by atoms with Gasteiger partial charge < -0.3 is 20.1 Å². The van der Waals surface area contributed by atoms with Crippen LogP contribution < -0.4 is 20.1 Å². The molecule has 2 N–H and O–H groups in total. The van der Waals surface area contributed by atoms with Crippen LogP contribution in [0.1, 0.15) is 18.1 Å². The molecule has 0 unspecified atom stereocenters. The Hall–Kier alpha value is -2.90. The Morgan fingerprint density at radius 1 is 1.07 bits per heavy atom. The molecule has 0 radical (unpaired) electrons. The number of guanidine groups is 1. The fourth-order valence-electron chi connectivity index (χ4n) is 2.37. The average Bonchev–Trinajstić information content (AvgIpc) is 2.65. The number of hydrogen-bond donors (Lipinski definition) is 2. The first-order valence-electron chi connectivity index (χ1n) is 8.42. The van der Waals surface area contributed by atoms with E-state index < -0.39 is 12.4 Å². The summed E-state index contributed by atoms with van der Waals surface area (Å²) < 4.78 is 48.5. The minimum Gasteiger partial charge on any atom is -0.491 e. The van der Waals surface area contributed by atoms with E-state index in [1.165, 1.54) is 12.1 Å². The van der Waals surface area contributed by atoms with Gasteiger partial charge in [0, 0.05) is 25.7 Å². The highest BCUT2D eigenvalue weighted by atomic mass is 19.3. The Morgan fingerprint density at radius 3 is 2.48 bits per heavy atom. The molecule has 2 aromatic rings. The Bertz CT molecular complexity index is 770. The molecule has 2 aromatic carbocycles. The van der Waals surface area contributed by atoms with Gasteiger partial charge in [0.15, 0.2) is 17.5 Å². The normalized spacial score (nSPS) is 11.4. The summed E-state index contributed by atoms with van der Waals surface area (Å²) in [6.45, 7) is -0.145. The van der Waals surface area contributed by atoms with Crippen LogP contribution >= 0.6 is 0 Å². The van der Waals surface area contributed by atoms with Crippen LogP contribution in [0.15, 0.2) is 47.5 Å². The van der Waals surface area contributed by atoms with Gasteiger partial charge in [0.25, 0.3) is 0 Å². The average molecular weight is 381 g/mol. The minimum atomic E-state index is -2.89. The number of benzene rings is 2. The lowest BCUT2D eigenvalue weighted by molar-refractivity contribution is -0.0504. The molecule has 0 aliphatic heterocycles. The lowest BCUT2D eigenvalue weighted by atomic mass is 10.2. The molecule has 27 heavy (non-hydrogen) atoms. The predicted molar refractivity (Wildman–Crippen MR) is 97.7 cm³/mol. The molecule has 2 rings (SSSR count). The van der Waals surface area contributed by atoms with Gasteiger partial charge >= 0.3 is 6.61 Å². The zero-order chi connectivity index (χ0) is 19.6. The van der Waals surface area contributed by atoms with Crippen LogP contribution in [0.2, 0.25) is 0 Å². The molecule has 0 fully saturated rings. The van der Waals surface area contributed by atoms with Crippen LogP contribution in [0.5, 0.6) is 11.5 Å². The standard InChI is InChI=1S/C19H22F3N3O2/c1-3-26-17-9-8-13(10-15(17)20)11-24-19(23-2)25-12-14-6-4-5-7-16(14)27-18(21)22/h4-10,18H,3,11-12H2,1-2H3,(H2,23,24,25). The quantitative estimate of drug-likeness (QED) is 0.541. The topological polar surface area (TPSA) is 54.9 Å². The van der Waals surface area contributed by atoms with Crippen LogP contribution in [0, 0.1) is 5.82 Å². The van der Waals surface area contributed by atoms with E-state index in [0.29, 0.717) is 30.2 Å². The SMILES string of the molecule is CCOc1ccc(CNC(=NC)NCc2ccccc2OC(F)F)cc1F. The van der Waals surface area contributed by atoms with Gasteiger partial charge in [-0.05, 0) is 30.7 Å². The Labute approximate surface area is 156 Å². The summed E-state index contributed by atoms with van der Waals surface area (Å²) in [7, 11) is 1.58. The second-order valence-electron chi connectivity index (χ2n) is 5.46. The van der Waals surface area contributed by atoms with E-state index in [2.05, 4.69) is 20.4 Å². The lowest BCUT2D eigenvalue weighted by Crippen LogP contribution is -2.36. The molecule has 0 amide bonds. The van der Waals surface area contributed by atoms with Crippen molar-refractivity contribution in [2.24, 2.45) is 4.99 Å². The van der Waals surface area contributed by atoms with Crippen LogP contribution in [-0.4, -0.2) is 26.2 Å². The van der Waals surface area contributed by atoms with Crippen molar-refractivity contribution in [2.45, 2.75) is 26.6 Å². The highest BCUT2D eigenvalue weighted by molar-refractivity contribution is 5.79. The van der Waals surface area contributed by atoms with Gasteiger partial charge in [-0.1, -0.05) is 24.3 Å². The van der Waals surface area contributed by atoms with Gasteiger partial charge in [0.05, 0.1) is 6.61 Å². The molecular formula is C19H22F3N3O2. The molecule has 0 atom stereocenters. The van der Waals surface area contributed by atoms with E-state index in [1.54, 1.807) is 44.3 Å². The second kappa shape index (κ2) is 10.3. The molecule has 0 saturated heterocycles. The summed E-state index contributed by atoms with van der Waals surface area (Å²) in [4.78, 5) is 4.07. The molecule has 8 heteroatoms. The molecule has 0 aliphatic rings. The maximum atomic E-state index is 13.9. The van der Waals surface area contributed by atoms with E-state index in [0.717, 1.165) is 0 Å². The summed E-state index contributed by atoms with van der Waals surface area (Å²) in [5.74, 6) is 0.316. The minimum absolute atomic E-state index is 0.101. The van der Waals surface area contributed by atoms with E-state index in [9.17, 15) is 13.2 Å². The fourth-order valence-corrected chi connectivity index (χ4v) is 2.37. The Morgan fingerprint density at radius 2 is 1.81 bits per heavy atom. The zero-order valence-electron chi connectivity index (χ0n) is 15.1. The lowest BCUT2D eigenvalue weighted by Gasteiger charge is -2.15. The van der Waals surface area contributed by atoms with Crippen LogP contribution in [0.3, 0.4) is 0 Å². The van der Waals surface area contributed by atoms with Crippen molar-refractivity contribution in [3.8, 4) is 11.5 Å². The second-order valence-corrected chi connectivity index (χ2v) is 5.46. The molecular weight excluding hydrogens is 359 g/mol. The number of nitrogens with zero attached hydrogens (tertiary/aromatic N) is 1. The molecule has 0 spiro atoms. The third kappa shape index (κ3) is 6.40. The van der Waals surface area contributed by atoms with Gasteiger partial charge in [-0.15, -0.1) is 0 Å². The van der Waals surface area contributed by atoms with Gasteiger partial charge in [-0.25, -0.2) is 4.39 Å². The third-order valence-electron chi connectivity index (χ3n) is 3.61. The van der Waals surface area contributed by atoms with E-state index >= 15 is 0 Å². The molecule has 0 aromatic heterocycles. The van der Waals surface area contributed by atoms with Crippen LogP contribution in [0.4, 0.5) is 13.2 Å². The molecule has 0 aliphatic carbocycles. The summed E-state index contributed by atoms with van der Waals surface area (Å²) in [5.41, 5.74) is 1.27. The van der Waals surface area contributed by atoms with E-state index in [-0.39, 0.29) is 18.0 Å². The maximum Gasteiger partial charge on any atom is 0.387 e. The van der Waals surface area contributed by atoms with Gasteiger partial charge in [-0.3, -0.25) is 4.99 Å². The first-order valence-corrected chi connectivity index (χ1v) is 8.42. The van der Waals surface area contributed by atoms with Gasteiger partial charge in [0.2, 0.25) is 0 Å². The zero-order valence-corrected chi connectivity index (χ0v) is 15.1. The van der Waals surface area contributed by atoms with Crippen molar-refractivity contribution >= 4 is 5.96 Å². The van der Waals surface area contributed by atoms with E-state index in [4.69, 9.17) is 4.74 Å². The first-order chi connectivity index (χ1) is 13.0. The Kier molecular flexibility index (Phi) is 7.79. The molecule has 0 saturated carbocycles. The fraction of sp³-hybridized carbons (Fsp3) is 0.316. The summed E-state index contributed by atoms with van der Waals surface area (Å²) >= 11 is 0. The number of ether oxygens (including phenoxy) is 2. The number of halogens is 3. The van der Waals surface area contributed by atoms with Gasteiger partial charge in [0.1, 0.15) is 5.75 Å². The highest BCUT2D eigenvalue weighted by Gasteiger charge is 2.10. The monoisotopic (exact) mass is 381 g/mol. The number of aliphatic imine (C=N–C) groups is 1. The smallest absolute Gasteiger partial charge is 0.387 e. The van der Waals surface area contributed by atoms with Crippen molar-refractivity contribution in [1.29, 1.82) is 0 Å². The van der Waals surface area contributed by atoms with Crippen LogP contribution in [-0.2, 0) is 13.1 Å². The predicted octanol–water partition coefficient (Wildman–Crippen LogP) is 3.69. The Balaban J connectivity index is 1.92. The van der Waals surface area contributed by atoms with Crippen molar-refractivity contribution in [1.82, 2.24) is 10.6 Å². The van der Waals surface area contributed by atoms with Crippen molar-refractivity contribution in [3.63, 3.8) is 0 Å². The summed E-state index contributed by atoms with van der Waals surface area (Å²) in [6.07, 6.45) is 0. The van der Waals surface area contributed by atoms with Gasteiger partial charge in [-0.2, -0.15) is 8.78 Å². The van der Waals surface area contributed by atoms with E-state index in [1.807, 2.05) is 0 Å². The highest BCUT2D eigenvalue weighted by Crippen LogP contribution is 2.20. The number of alkyl halides is 2. The largest absolute Gasteiger partial charge is 0.491 e. The van der Waals surface area contributed by atoms with Crippen molar-refractivity contribution < 1.29 is 22.6 Å². The summed E-state index contributed by atoms with van der Waals surface area (Å²) in [5, 5.41) is 6.05. The third-order valence-corrected chi connectivity index (χ3v) is 3.61. The molecule has 146 valence electrons. The van der Waals surface area contributed by atoms with Crippen LogP contribution in [0.25, 0.3) is 0 Å². The number of rotatable bonds is 8. The maximum absolute atomic E-state index is 13.9. The molecule has 5 nitrogen and oxygen atoms in total. The number of para-hydroxylation sites is 1. The van der Waals surface area contributed by atoms with Crippen molar-refractivity contribution in [3.05, 3.63) is 59.4 Å². The summed E-state index contributed by atoms with van der Waals surface area (Å²) in [6, 6.07) is 11.2.